The van der Waals surface area contributed by atoms with Crippen molar-refractivity contribution in [3.63, 3.8) is 0 Å². The number of hydrogen-bond acceptors (Lipinski definition) is 6. The molecule has 2 aromatic rings. The molecule has 1 fully saturated rings. The normalized spacial score (nSPS) is 20.1. The molecule has 4 atom stereocenters. The highest BCUT2D eigenvalue weighted by atomic mass is 32.1. The summed E-state index contributed by atoms with van der Waals surface area (Å²) in [7, 11) is 0. The first-order chi connectivity index (χ1) is 17.0. The molecule has 2 heterocycles. The molecule has 194 valence electrons. The lowest BCUT2D eigenvalue weighted by atomic mass is 9.91. The van der Waals surface area contributed by atoms with E-state index in [0.29, 0.717) is 11.5 Å². The smallest absolute Gasteiger partial charge is 0.243 e. The number of aromatic nitrogens is 1. The number of aryl methyl sites for hydroxylation is 1. The molecule has 1 aromatic heterocycles. The summed E-state index contributed by atoms with van der Waals surface area (Å²) in [6.45, 7) is 11.6. The van der Waals surface area contributed by atoms with Crippen LogP contribution in [0.25, 0.3) is 5.57 Å². The molecule has 0 spiro atoms. The van der Waals surface area contributed by atoms with E-state index in [9.17, 15) is 14.7 Å². The van der Waals surface area contributed by atoms with E-state index in [-0.39, 0.29) is 36.7 Å². The third-order valence-electron chi connectivity index (χ3n) is 6.79. The molecule has 36 heavy (non-hydrogen) atoms. The van der Waals surface area contributed by atoms with Gasteiger partial charge in [0.1, 0.15) is 17.7 Å². The van der Waals surface area contributed by atoms with Crippen molar-refractivity contribution in [3.05, 3.63) is 58.6 Å². The summed E-state index contributed by atoms with van der Waals surface area (Å²) in [6.07, 6.45) is -0.567. The summed E-state index contributed by atoms with van der Waals surface area (Å²) in [6, 6.07) is 8.67. The van der Waals surface area contributed by atoms with Gasteiger partial charge in [0.2, 0.25) is 11.8 Å². The Morgan fingerprint density at radius 2 is 1.89 bits per heavy atom. The maximum Gasteiger partial charge on any atom is 0.243 e. The number of rotatable bonds is 9. The summed E-state index contributed by atoms with van der Waals surface area (Å²) in [4.78, 5) is 28.3. The standard InChI is InChI=1S/C27H36N4O4S/c1-15(2)25(24-11-16(3)30-35-24)27(34)31-13-22(32)12-23(31)26(33)29-19(6)21-9-7-20(8-10-21)17(4)18(5)28-14-36/h7-11,14-15,19,22-23,25,32H,12-13H2,1-6H3,(H,28,36)(H,29,33)/b18-17+/t19?,22-,23+,25?/m1/s1. The van der Waals surface area contributed by atoms with Crippen molar-refractivity contribution >= 4 is 35.1 Å². The van der Waals surface area contributed by atoms with Crippen molar-refractivity contribution in [2.45, 2.75) is 72.1 Å². The lowest BCUT2D eigenvalue weighted by Gasteiger charge is -2.29. The van der Waals surface area contributed by atoms with Crippen molar-refractivity contribution in [2.24, 2.45) is 5.92 Å². The fraction of sp³-hybridized carbons (Fsp3) is 0.481. The molecular formula is C27H36N4O4S. The lowest BCUT2D eigenvalue weighted by Crippen LogP contribution is -2.48. The number of nitrogens with zero attached hydrogens (tertiary/aromatic N) is 2. The van der Waals surface area contributed by atoms with E-state index in [4.69, 9.17) is 16.7 Å². The van der Waals surface area contributed by atoms with E-state index < -0.39 is 18.1 Å². The molecule has 1 aliphatic heterocycles. The van der Waals surface area contributed by atoms with Gasteiger partial charge in [-0.1, -0.05) is 55.5 Å². The second-order valence-electron chi connectivity index (χ2n) is 9.85. The zero-order valence-electron chi connectivity index (χ0n) is 21.7. The molecule has 3 N–H and O–H groups in total. The fourth-order valence-electron chi connectivity index (χ4n) is 4.58. The zero-order valence-corrected chi connectivity index (χ0v) is 22.6. The Kier molecular flexibility index (Phi) is 9.03. The first kappa shape index (κ1) is 27.5. The van der Waals surface area contributed by atoms with E-state index in [0.717, 1.165) is 22.4 Å². The Bertz CT molecular complexity index is 1130. The number of hydrogen-bond donors (Lipinski definition) is 3. The Balaban J connectivity index is 1.74. The highest BCUT2D eigenvalue weighted by Gasteiger charge is 2.43. The third kappa shape index (κ3) is 6.20. The molecule has 0 radical (unpaired) electrons. The van der Waals surface area contributed by atoms with E-state index in [2.05, 4.69) is 15.8 Å². The molecule has 2 amide bonds. The maximum atomic E-state index is 13.5. The van der Waals surface area contributed by atoms with Crippen LogP contribution in [0.4, 0.5) is 0 Å². The van der Waals surface area contributed by atoms with Crippen LogP contribution in [0.15, 0.2) is 40.6 Å². The van der Waals surface area contributed by atoms with Crippen LogP contribution in [0.1, 0.15) is 75.6 Å². The lowest BCUT2D eigenvalue weighted by molar-refractivity contribution is -0.141. The number of aliphatic hydroxyl groups is 1. The minimum atomic E-state index is -0.762. The number of thiocarbonyl (C=S) groups is 1. The Morgan fingerprint density at radius 3 is 2.44 bits per heavy atom. The van der Waals surface area contributed by atoms with Gasteiger partial charge < -0.3 is 25.2 Å². The van der Waals surface area contributed by atoms with Gasteiger partial charge in [-0.3, -0.25) is 9.59 Å². The molecule has 0 aliphatic carbocycles. The SMILES string of the molecule is C/C(NC=S)=C(/C)c1ccc(C(C)NC(=O)[C@@H]2C[C@@H](O)CN2C(=O)C(c2cc(C)no2)C(C)C)cc1. The number of β-amino-alcohol motifs (C(OH)–C–C–N with tert-alkyl or cyclic N) is 1. The predicted octanol–water partition coefficient (Wildman–Crippen LogP) is 3.86. The quantitative estimate of drug-likeness (QED) is 0.438. The van der Waals surface area contributed by atoms with Crippen molar-refractivity contribution in [3.8, 4) is 0 Å². The van der Waals surface area contributed by atoms with Crippen LogP contribution in [0, 0.1) is 12.8 Å². The third-order valence-corrected chi connectivity index (χ3v) is 6.91. The molecule has 0 saturated carbocycles. The van der Waals surface area contributed by atoms with Crippen LogP contribution in [0.5, 0.6) is 0 Å². The molecule has 1 aromatic carbocycles. The number of carbonyl (C=O) groups is 2. The molecule has 1 aliphatic rings. The first-order valence-corrected chi connectivity index (χ1v) is 12.7. The topological polar surface area (TPSA) is 108 Å². The van der Waals surface area contributed by atoms with Gasteiger partial charge in [-0.15, -0.1) is 0 Å². The number of carbonyl (C=O) groups excluding carboxylic acids is 2. The van der Waals surface area contributed by atoms with Gasteiger partial charge in [-0.25, -0.2) is 0 Å². The predicted molar refractivity (Wildman–Crippen MR) is 143 cm³/mol. The van der Waals surface area contributed by atoms with Crippen molar-refractivity contribution in [1.29, 1.82) is 0 Å². The fourth-order valence-corrected chi connectivity index (χ4v) is 4.75. The Labute approximate surface area is 218 Å². The summed E-state index contributed by atoms with van der Waals surface area (Å²) >= 11 is 4.86. The van der Waals surface area contributed by atoms with Crippen LogP contribution in [-0.2, 0) is 9.59 Å². The van der Waals surface area contributed by atoms with Crippen molar-refractivity contribution in [1.82, 2.24) is 20.7 Å². The number of nitrogens with one attached hydrogen (secondary N) is 2. The minimum absolute atomic E-state index is 0.0657. The van der Waals surface area contributed by atoms with Crippen molar-refractivity contribution < 1.29 is 19.2 Å². The highest BCUT2D eigenvalue weighted by molar-refractivity contribution is 7.78. The second-order valence-corrected chi connectivity index (χ2v) is 10.1. The number of likely N-dealkylation sites (tertiary alicyclic amines) is 1. The summed E-state index contributed by atoms with van der Waals surface area (Å²) in [5.74, 6) is -0.697. The van der Waals surface area contributed by atoms with Crippen LogP contribution in [0.2, 0.25) is 0 Å². The van der Waals surface area contributed by atoms with Gasteiger partial charge >= 0.3 is 0 Å². The van der Waals surface area contributed by atoms with Gasteiger partial charge in [0.15, 0.2) is 0 Å². The first-order valence-electron chi connectivity index (χ1n) is 12.2. The van der Waals surface area contributed by atoms with Crippen LogP contribution >= 0.6 is 12.2 Å². The summed E-state index contributed by atoms with van der Waals surface area (Å²) < 4.78 is 5.39. The van der Waals surface area contributed by atoms with Gasteiger partial charge in [-0.05, 0) is 50.3 Å². The minimum Gasteiger partial charge on any atom is -0.391 e. The molecule has 0 bridgehead atoms. The van der Waals surface area contributed by atoms with Crippen molar-refractivity contribution in [2.75, 3.05) is 6.54 Å². The molecule has 3 rings (SSSR count). The average molecular weight is 513 g/mol. The summed E-state index contributed by atoms with van der Waals surface area (Å²) in [5.41, 5.74) is 6.22. The maximum absolute atomic E-state index is 13.5. The molecular weight excluding hydrogens is 476 g/mol. The Morgan fingerprint density at radius 1 is 1.22 bits per heavy atom. The molecule has 8 nitrogen and oxygen atoms in total. The van der Waals surface area contributed by atoms with Gasteiger partial charge in [0.05, 0.1) is 23.3 Å². The molecule has 1 saturated heterocycles. The van der Waals surface area contributed by atoms with E-state index >= 15 is 0 Å². The zero-order chi connectivity index (χ0) is 26.6. The highest BCUT2D eigenvalue weighted by Crippen LogP contribution is 2.31. The number of allylic oxidation sites excluding steroid dienone is 2. The average Bonchev–Trinajstić information content (AvgIpc) is 3.44. The van der Waals surface area contributed by atoms with E-state index in [1.807, 2.05) is 58.9 Å². The number of amides is 2. The summed E-state index contributed by atoms with van der Waals surface area (Å²) in [5, 5.41) is 20.3. The van der Waals surface area contributed by atoms with E-state index in [1.54, 1.807) is 13.0 Å². The largest absolute Gasteiger partial charge is 0.391 e. The van der Waals surface area contributed by atoms with Crippen LogP contribution < -0.4 is 10.6 Å². The van der Waals surface area contributed by atoms with Gasteiger partial charge in [0.25, 0.3) is 0 Å². The Hall–Kier alpha value is -3.04. The number of benzene rings is 1. The second kappa shape index (κ2) is 11.8. The van der Waals surface area contributed by atoms with Gasteiger partial charge in [-0.2, -0.15) is 0 Å². The van der Waals surface area contributed by atoms with Crippen LogP contribution in [-0.4, -0.2) is 51.2 Å². The van der Waals surface area contributed by atoms with E-state index in [1.165, 1.54) is 10.4 Å². The molecule has 2 unspecified atom stereocenters. The van der Waals surface area contributed by atoms with Crippen LogP contribution in [0.3, 0.4) is 0 Å². The molecule has 9 heteroatoms. The number of aliphatic hydroxyl groups excluding tert-OH is 1. The van der Waals surface area contributed by atoms with Gasteiger partial charge in [0, 0.05) is 24.7 Å². The monoisotopic (exact) mass is 512 g/mol.